The normalized spacial score (nSPS) is 15.6. The third kappa shape index (κ3) is 3.72. The molecule has 172 valence electrons. The number of fused-ring (bicyclic) bond motifs is 1. The Labute approximate surface area is 194 Å². The molecule has 2 aromatic carbocycles. The summed E-state index contributed by atoms with van der Waals surface area (Å²) in [4.78, 5) is 41.6. The lowest BCUT2D eigenvalue weighted by atomic mass is 10.1. The number of anilines is 1. The molecular weight excluding hydrogens is 439 g/mol. The zero-order chi connectivity index (χ0) is 23.8. The molecule has 34 heavy (non-hydrogen) atoms. The standard InChI is InChI=1S/C24H21FN6O3/c1-2-22(32)29-11-9-28(10-12-29)21-8-7-17(13-20(21)25)31-15-16(26-27-31)14-30-23(33)18-5-3-4-6-19(18)24(30)34/h2-8,13,15H,1,9-12,14H2. The Balaban J connectivity index is 1.28. The van der Waals surface area contributed by atoms with Crippen LogP contribution in [0.4, 0.5) is 10.1 Å². The Hall–Kier alpha value is -4.34. The van der Waals surface area contributed by atoms with E-state index < -0.39 is 5.82 Å². The van der Waals surface area contributed by atoms with Crippen molar-refractivity contribution >= 4 is 23.4 Å². The molecule has 0 radical (unpaired) electrons. The maximum Gasteiger partial charge on any atom is 0.261 e. The Morgan fingerprint density at radius 3 is 2.32 bits per heavy atom. The van der Waals surface area contributed by atoms with Gasteiger partial charge in [-0.2, -0.15) is 0 Å². The smallest absolute Gasteiger partial charge is 0.261 e. The summed E-state index contributed by atoms with van der Waals surface area (Å²) < 4.78 is 16.3. The van der Waals surface area contributed by atoms with Gasteiger partial charge < -0.3 is 9.80 Å². The molecule has 0 bridgehead atoms. The lowest BCUT2D eigenvalue weighted by Crippen LogP contribution is -2.48. The molecule has 1 aromatic heterocycles. The number of carbonyl (C=O) groups excluding carboxylic acids is 3. The van der Waals surface area contributed by atoms with E-state index >= 15 is 0 Å². The van der Waals surface area contributed by atoms with Crippen LogP contribution in [0.25, 0.3) is 5.69 Å². The molecule has 3 heterocycles. The summed E-state index contributed by atoms with van der Waals surface area (Å²) in [5.74, 6) is -1.29. The second kappa shape index (κ2) is 8.54. The summed E-state index contributed by atoms with van der Waals surface area (Å²) in [5, 5.41) is 8.08. The Bertz CT molecular complexity index is 1280. The van der Waals surface area contributed by atoms with Crippen molar-refractivity contribution in [1.29, 1.82) is 0 Å². The first-order valence-corrected chi connectivity index (χ1v) is 10.8. The summed E-state index contributed by atoms with van der Waals surface area (Å²) in [6.07, 6.45) is 2.85. The van der Waals surface area contributed by atoms with Crippen molar-refractivity contribution in [3.8, 4) is 5.69 Å². The van der Waals surface area contributed by atoms with Crippen molar-refractivity contribution in [3.05, 3.63) is 84.0 Å². The summed E-state index contributed by atoms with van der Waals surface area (Å²) in [5.41, 5.74) is 2.05. The summed E-state index contributed by atoms with van der Waals surface area (Å²) in [7, 11) is 0. The van der Waals surface area contributed by atoms with Gasteiger partial charge in [0.25, 0.3) is 11.8 Å². The molecule has 1 fully saturated rings. The molecule has 5 rings (SSSR count). The number of halogens is 1. The first-order chi connectivity index (χ1) is 16.5. The van der Waals surface area contributed by atoms with Gasteiger partial charge in [0.15, 0.2) is 0 Å². The highest BCUT2D eigenvalue weighted by Gasteiger charge is 2.35. The molecule has 1 saturated heterocycles. The van der Waals surface area contributed by atoms with Crippen molar-refractivity contribution < 1.29 is 18.8 Å². The van der Waals surface area contributed by atoms with Crippen LogP contribution in [0.15, 0.2) is 61.3 Å². The monoisotopic (exact) mass is 460 g/mol. The number of aromatic nitrogens is 3. The zero-order valence-electron chi connectivity index (χ0n) is 18.2. The third-order valence-electron chi connectivity index (χ3n) is 6.04. The van der Waals surface area contributed by atoms with E-state index in [0.29, 0.717) is 54.4 Å². The SMILES string of the molecule is C=CC(=O)N1CCN(c2ccc(-n3cc(CN4C(=O)c5ccccc5C4=O)nn3)cc2F)CC1. The Morgan fingerprint density at radius 2 is 1.71 bits per heavy atom. The molecule has 0 saturated carbocycles. The first-order valence-electron chi connectivity index (χ1n) is 10.8. The minimum atomic E-state index is -0.418. The predicted molar refractivity (Wildman–Crippen MR) is 121 cm³/mol. The zero-order valence-corrected chi connectivity index (χ0v) is 18.2. The molecular formula is C24H21FN6O3. The van der Waals surface area contributed by atoms with Crippen molar-refractivity contribution in [1.82, 2.24) is 24.8 Å². The van der Waals surface area contributed by atoms with E-state index in [1.807, 2.05) is 4.90 Å². The Kier molecular flexibility index (Phi) is 5.40. The van der Waals surface area contributed by atoms with Gasteiger partial charge in [-0.15, -0.1) is 5.10 Å². The van der Waals surface area contributed by atoms with Crippen molar-refractivity contribution in [2.45, 2.75) is 6.54 Å². The maximum absolute atomic E-state index is 14.9. The average molecular weight is 460 g/mol. The molecule has 3 amide bonds. The molecule has 0 unspecified atom stereocenters. The fourth-order valence-corrected chi connectivity index (χ4v) is 4.23. The number of benzene rings is 2. The van der Waals surface area contributed by atoms with E-state index in [2.05, 4.69) is 16.9 Å². The maximum atomic E-state index is 14.9. The van der Waals surface area contributed by atoms with E-state index in [9.17, 15) is 18.8 Å². The van der Waals surface area contributed by atoms with Gasteiger partial charge in [0, 0.05) is 32.2 Å². The number of amides is 3. The van der Waals surface area contributed by atoms with E-state index in [1.54, 1.807) is 47.5 Å². The van der Waals surface area contributed by atoms with Gasteiger partial charge in [0.1, 0.15) is 11.5 Å². The number of nitrogens with zero attached hydrogens (tertiary/aromatic N) is 6. The summed E-state index contributed by atoms with van der Waals surface area (Å²) >= 11 is 0. The van der Waals surface area contributed by atoms with Crippen LogP contribution >= 0.6 is 0 Å². The van der Waals surface area contributed by atoms with Gasteiger partial charge in [-0.3, -0.25) is 19.3 Å². The quantitative estimate of drug-likeness (QED) is 0.428. The lowest BCUT2D eigenvalue weighted by molar-refractivity contribution is -0.126. The van der Waals surface area contributed by atoms with Crippen molar-refractivity contribution in [3.63, 3.8) is 0 Å². The number of piperazine rings is 1. The van der Waals surface area contributed by atoms with Gasteiger partial charge in [-0.05, 0) is 30.3 Å². The number of carbonyl (C=O) groups is 3. The van der Waals surface area contributed by atoms with E-state index in [4.69, 9.17) is 0 Å². The second-order valence-corrected chi connectivity index (χ2v) is 8.05. The van der Waals surface area contributed by atoms with E-state index in [-0.39, 0.29) is 24.3 Å². The molecule has 0 spiro atoms. The topological polar surface area (TPSA) is 91.6 Å². The van der Waals surface area contributed by atoms with Gasteiger partial charge in [0.05, 0.1) is 35.2 Å². The van der Waals surface area contributed by atoms with Crippen LogP contribution in [0.5, 0.6) is 0 Å². The van der Waals surface area contributed by atoms with Crippen LogP contribution in [-0.2, 0) is 11.3 Å². The average Bonchev–Trinajstić information content (AvgIpc) is 3.43. The fraction of sp³-hybridized carbons (Fsp3) is 0.208. The molecule has 0 aliphatic carbocycles. The number of imide groups is 1. The van der Waals surface area contributed by atoms with Crippen LogP contribution in [-0.4, -0.2) is 68.7 Å². The van der Waals surface area contributed by atoms with Gasteiger partial charge >= 0.3 is 0 Å². The lowest BCUT2D eigenvalue weighted by Gasteiger charge is -2.35. The van der Waals surface area contributed by atoms with Crippen LogP contribution in [0.1, 0.15) is 26.4 Å². The highest BCUT2D eigenvalue weighted by Crippen LogP contribution is 2.25. The number of rotatable bonds is 5. The molecule has 0 N–H and O–H groups in total. The largest absolute Gasteiger partial charge is 0.366 e. The third-order valence-corrected chi connectivity index (χ3v) is 6.04. The van der Waals surface area contributed by atoms with Crippen LogP contribution in [0.2, 0.25) is 0 Å². The van der Waals surface area contributed by atoms with E-state index in [1.165, 1.54) is 16.8 Å². The van der Waals surface area contributed by atoms with Crippen molar-refractivity contribution in [2.24, 2.45) is 0 Å². The highest BCUT2D eigenvalue weighted by molar-refractivity contribution is 6.21. The number of hydrogen-bond donors (Lipinski definition) is 0. The molecule has 0 atom stereocenters. The second-order valence-electron chi connectivity index (χ2n) is 8.05. The van der Waals surface area contributed by atoms with Crippen LogP contribution < -0.4 is 4.90 Å². The minimum absolute atomic E-state index is 0.0272. The Morgan fingerprint density at radius 1 is 1.03 bits per heavy atom. The van der Waals surface area contributed by atoms with E-state index in [0.717, 1.165) is 4.90 Å². The fourth-order valence-electron chi connectivity index (χ4n) is 4.23. The molecule has 10 heteroatoms. The van der Waals surface area contributed by atoms with Crippen LogP contribution in [0.3, 0.4) is 0 Å². The predicted octanol–water partition coefficient (Wildman–Crippen LogP) is 2.04. The summed E-state index contributed by atoms with van der Waals surface area (Å²) in [6, 6.07) is 11.4. The van der Waals surface area contributed by atoms with Gasteiger partial charge in [0.2, 0.25) is 5.91 Å². The van der Waals surface area contributed by atoms with Crippen LogP contribution in [0, 0.1) is 5.82 Å². The molecule has 9 nitrogen and oxygen atoms in total. The molecule has 2 aliphatic rings. The van der Waals surface area contributed by atoms with Gasteiger partial charge in [-0.25, -0.2) is 9.07 Å². The highest BCUT2D eigenvalue weighted by atomic mass is 19.1. The first kappa shape index (κ1) is 21.5. The number of hydrogen-bond acceptors (Lipinski definition) is 6. The minimum Gasteiger partial charge on any atom is -0.366 e. The summed E-state index contributed by atoms with van der Waals surface area (Å²) in [6.45, 7) is 5.50. The molecule has 2 aliphatic heterocycles. The molecule has 3 aromatic rings. The van der Waals surface area contributed by atoms with Crippen molar-refractivity contribution in [2.75, 3.05) is 31.1 Å². The van der Waals surface area contributed by atoms with Gasteiger partial charge in [-0.1, -0.05) is 23.9 Å².